The third-order valence-corrected chi connectivity index (χ3v) is 5.81. The highest BCUT2D eigenvalue weighted by Gasteiger charge is 2.34. The van der Waals surface area contributed by atoms with Gasteiger partial charge in [0.15, 0.2) is 5.78 Å². The van der Waals surface area contributed by atoms with Gasteiger partial charge >= 0.3 is 0 Å². The molecule has 3 aromatic rings. The highest BCUT2D eigenvalue weighted by Crippen LogP contribution is 2.28. The number of halogens is 2. The quantitative estimate of drug-likeness (QED) is 0.387. The van der Waals surface area contributed by atoms with Crippen LogP contribution < -0.4 is 11.1 Å². The zero-order chi connectivity index (χ0) is 23.7. The number of ketones is 1. The predicted molar refractivity (Wildman–Crippen MR) is 122 cm³/mol. The topological polar surface area (TPSA) is 110 Å². The second-order valence-corrected chi connectivity index (χ2v) is 8.49. The van der Waals surface area contributed by atoms with E-state index in [0.717, 1.165) is 12.8 Å². The molecule has 0 saturated heterocycles. The first-order chi connectivity index (χ1) is 15.7. The highest BCUT2D eigenvalue weighted by molar-refractivity contribution is 6.30. The number of aromatic nitrogens is 2. The lowest BCUT2D eigenvalue weighted by Gasteiger charge is -2.22. The molecule has 1 aliphatic carbocycles. The third kappa shape index (κ3) is 4.98. The monoisotopic (exact) mass is 471 g/mol. The van der Waals surface area contributed by atoms with E-state index >= 15 is 0 Å². The van der Waals surface area contributed by atoms with Crippen LogP contribution in [0, 0.1) is 5.82 Å². The van der Waals surface area contributed by atoms with E-state index in [2.05, 4.69) is 10.4 Å². The summed E-state index contributed by atoms with van der Waals surface area (Å²) in [5.74, 6) is -1.51. The van der Waals surface area contributed by atoms with Gasteiger partial charge < -0.3 is 16.0 Å². The molecule has 3 N–H and O–H groups in total. The Kier molecular flexibility index (Phi) is 6.33. The van der Waals surface area contributed by atoms with Gasteiger partial charge in [-0.15, -0.1) is 0 Å². The largest absolute Gasteiger partial charge is 0.399 e. The van der Waals surface area contributed by atoms with Crippen molar-refractivity contribution in [3.05, 3.63) is 58.5 Å². The van der Waals surface area contributed by atoms with Crippen LogP contribution in [0.4, 0.5) is 10.1 Å². The molecule has 2 aromatic carbocycles. The van der Waals surface area contributed by atoms with Gasteiger partial charge in [-0.05, 0) is 37.1 Å². The molecule has 8 nitrogen and oxygen atoms in total. The molecular formula is C23H23ClFN5O3. The number of Topliss-reactive ketones (excluding diaryl/α,β-unsaturated/α-hetero) is 1. The van der Waals surface area contributed by atoms with Gasteiger partial charge in [-0.3, -0.25) is 19.1 Å². The lowest BCUT2D eigenvalue weighted by Crippen LogP contribution is -2.43. The van der Waals surface area contributed by atoms with Crippen molar-refractivity contribution < 1.29 is 18.8 Å². The number of benzene rings is 2. The van der Waals surface area contributed by atoms with Gasteiger partial charge in [0.1, 0.15) is 18.1 Å². The van der Waals surface area contributed by atoms with Crippen molar-refractivity contribution in [2.24, 2.45) is 0 Å². The van der Waals surface area contributed by atoms with E-state index in [1.54, 1.807) is 24.3 Å². The number of carbonyl (C=O) groups is 3. The number of nitrogens with two attached hydrogens (primary N) is 1. The Balaban J connectivity index is 1.47. The SMILES string of the molecule is CC(=O)c1nn(CC(=O)N(CC(=O)NCc2cccc(Cl)c2F)C2CC2)c2ccc(N)cc12. The molecule has 10 heteroatoms. The number of hydrogen-bond donors (Lipinski definition) is 2. The molecule has 0 aliphatic heterocycles. The second-order valence-electron chi connectivity index (χ2n) is 8.08. The summed E-state index contributed by atoms with van der Waals surface area (Å²) in [4.78, 5) is 39.1. The fourth-order valence-electron chi connectivity index (χ4n) is 3.69. The van der Waals surface area contributed by atoms with Crippen molar-refractivity contribution in [3.63, 3.8) is 0 Å². The summed E-state index contributed by atoms with van der Waals surface area (Å²) in [7, 11) is 0. The van der Waals surface area contributed by atoms with E-state index < -0.39 is 11.7 Å². The molecule has 1 aliphatic rings. The number of fused-ring (bicyclic) bond motifs is 1. The van der Waals surface area contributed by atoms with Crippen molar-refractivity contribution in [1.82, 2.24) is 20.0 Å². The van der Waals surface area contributed by atoms with Gasteiger partial charge in [0.2, 0.25) is 11.8 Å². The Morgan fingerprint density at radius 1 is 1.27 bits per heavy atom. The first-order valence-electron chi connectivity index (χ1n) is 10.5. The van der Waals surface area contributed by atoms with Crippen molar-refractivity contribution >= 4 is 45.8 Å². The number of anilines is 1. The standard InChI is InChI=1S/C23H23ClFN5O3/c1-13(31)23-17-9-15(26)5-8-19(17)30(28-23)12-21(33)29(16-6-7-16)11-20(32)27-10-14-3-2-4-18(24)22(14)25/h2-5,8-9,16H,6-7,10-12,26H2,1H3,(H,27,32). The van der Waals surface area contributed by atoms with E-state index in [1.165, 1.54) is 28.6 Å². The van der Waals surface area contributed by atoms with Crippen molar-refractivity contribution in [2.75, 3.05) is 12.3 Å². The number of rotatable bonds is 8. The Bertz CT molecular complexity index is 1250. The van der Waals surface area contributed by atoms with Crippen LogP contribution in [0.2, 0.25) is 5.02 Å². The maximum absolute atomic E-state index is 14.0. The van der Waals surface area contributed by atoms with Crippen LogP contribution in [-0.2, 0) is 22.7 Å². The Morgan fingerprint density at radius 3 is 2.73 bits per heavy atom. The summed E-state index contributed by atoms with van der Waals surface area (Å²) in [6, 6.07) is 9.58. The molecule has 0 bridgehead atoms. The number of carbonyl (C=O) groups excluding carboxylic acids is 3. The molecule has 1 heterocycles. The van der Waals surface area contributed by atoms with Crippen molar-refractivity contribution in [1.29, 1.82) is 0 Å². The fraction of sp³-hybridized carbons (Fsp3) is 0.304. The van der Waals surface area contributed by atoms with Gasteiger partial charge in [-0.2, -0.15) is 5.10 Å². The molecule has 0 unspecified atom stereocenters. The van der Waals surface area contributed by atoms with Gasteiger partial charge in [0.05, 0.1) is 17.1 Å². The van der Waals surface area contributed by atoms with Gasteiger partial charge in [-0.1, -0.05) is 23.7 Å². The smallest absolute Gasteiger partial charge is 0.245 e. The van der Waals surface area contributed by atoms with Crippen LogP contribution in [0.15, 0.2) is 36.4 Å². The number of hydrogen-bond acceptors (Lipinski definition) is 5. The molecule has 0 radical (unpaired) electrons. The van der Waals surface area contributed by atoms with E-state index in [0.29, 0.717) is 16.6 Å². The minimum absolute atomic E-state index is 0.0188. The van der Waals surface area contributed by atoms with Gasteiger partial charge in [-0.25, -0.2) is 4.39 Å². The minimum Gasteiger partial charge on any atom is -0.399 e. The normalized spacial score (nSPS) is 13.2. The van der Waals surface area contributed by atoms with E-state index in [-0.39, 0.29) is 53.6 Å². The molecule has 1 aromatic heterocycles. The fourth-order valence-corrected chi connectivity index (χ4v) is 3.89. The lowest BCUT2D eigenvalue weighted by atomic mass is 10.1. The number of nitrogens with zero attached hydrogens (tertiary/aromatic N) is 3. The van der Waals surface area contributed by atoms with Crippen LogP contribution >= 0.6 is 11.6 Å². The summed E-state index contributed by atoms with van der Waals surface area (Å²) in [6.45, 7) is 1.09. The van der Waals surface area contributed by atoms with Crippen LogP contribution in [-0.4, -0.2) is 44.9 Å². The molecule has 2 amide bonds. The number of amides is 2. The Morgan fingerprint density at radius 2 is 2.03 bits per heavy atom. The maximum atomic E-state index is 14.0. The Hall–Kier alpha value is -3.46. The average molecular weight is 472 g/mol. The van der Waals surface area contributed by atoms with E-state index in [4.69, 9.17) is 17.3 Å². The van der Waals surface area contributed by atoms with Crippen molar-refractivity contribution in [3.8, 4) is 0 Å². The number of nitrogens with one attached hydrogen (secondary N) is 1. The zero-order valence-electron chi connectivity index (χ0n) is 18.0. The highest BCUT2D eigenvalue weighted by atomic mass is 35.5. The van der Waals surface area contributed by atoms with Crippen LogP contribution in [0.1, 0.15) is 35.8 Å². The van der Waals surface area contributed by atoms with Crippen molar-refractivity contribution in [2.45, 2.75) is 38.9 Å². The summed E-state index contributed by atoms with van der Waals surface area (Å²) >= 11 is 5.78. The molecular weight excluding hydrogens is 449 g/mol. The van der Waals surface area contributed by atoms with Crippen LogP contribution in [0.3, 0.4) is 0 Å². The summed E-state index contributed by atoms with van der Waals surface area (Å²) < 4.78 is 15.5. The summed E-state index contributed by atoms with van der Waals surface area (Å²) in [6.07, 6.45) is 1.61. The van der Waals surface area contributed by atoms with Crippen LogP contribution in [0.5, 0.6) is 0 Å². The molecule has 0 spiro atoms. The predicted octanol–water partition coefficient (Wildman–Crippen LogP) is 2.92. The number of nitrogen functional groups attached to an aromatic ring is 1. The van der Waals surface area contributed by atoms with Crippen LogP contribution in [0.25, 0.3) is 10.9 Å². The average Bonchev–Trinajstić information content (AvgIpc) is 3.55. The lowest BCUT2D eigenvalue weighted by molar-refractivity contribution is -0.137. The molecule has 172 valence electrons. The first kappa shape index (κ1) is 22.7. The molecule has 1 saturated carbocycles. The minimum atomic E-state index is -0.581. The van der Waals surface area contributed by atoms with Gasteiger partial charge in [0.25, 0.3) is 0 Å². The third-order valence-electron chi connectivity index (χ3n) is 5.52. The zero-order valence-corrected chi connectivity index (χ0v) is 18.7. The molecule has 4 rings (SSSR count). The molecule has 33 heavy (non-hydrogen) atoms. The molecule has 0 atom stereocenters. The first-order valence-corrected chi connectivity index (χ1v) is 10.9. The van der Waals surface area contributed by atoms with Gasteiger partial charge in [0, 0.05) is 36.1 Å². The second kappa shape index (κ2) is 9.19. The van der Waals surface area contributed by atoms with E-state index in [9.17, 15) is 18.8 Å². The molecule has 1 fully saturated rings. The Labute approximate surface area is 194 Å². The summed E-state index contributed by atoms with van der Waals surface area (Å²) in [5, 5.41) is 7.52. The summed E-state index contributed by atoms with van der Waals surface area (Å²) in [5.41, 5.74) is 7.45. The maximum Gasteiger partial charge on any atom is 0.245 e. The van der Waals surface area contributed by atoms with E-state index in [1.807, 2.05) is 0 Å².